The number of hydrogen-bond acceptors (Lipinski definition) is 3. The van der Waals surface area contributed by atoms with Crippen molar-refractivity contribution in [1.82, 2.24) is 0 Å². The molecule has 2 N–H and O–H groups in total. The van der Waals surface area contributed by atoms with E-state index in [0.717, 1.165) is 18.8 Å². The molecular formula is C12H17NO3. The van der Waals surface area contributed by atoms with Crippen molar-refractivity contribution < 1.29 is 14.3 Å². The molecule has 4 heteroatoms. The van der Waals surface area contributed by atoms with Crippen LogP contribution in [0.1, 0.15) is 43.2 Å². The zero-order chi connectivity index (χ0) is 11.5. The minimum Gasteiger partial charge on any atom is -0.475 e. The summed E-state index contributed by atoms with van der Waals surface area (Å²) in [5.41, 5.74) is 0. The van der Waals surface area contributed by atoms with Crippen LogP contribution in [0.3, 0.4) is 0 Å². The lowest BCUT2D eigenvalue weighted by Crippen LogP contribution is -2.25. The van der Waals surface area contributed by atoms with E-state index in [-0.39, 0.29) is 5.76 Å². The maximum atomic E-state index is 10.6. The van der Waals surface area contributed by atoms with Gasteiger partial charge in [-0.1, -0.05) is 19.8 Å². The fourth-order valence-electron chi connectivity index (χ4n) is 2.30. The van der Waals surface area contributed by atoms with Gasteiger partial charge in [0.2, 0.25) is 5.76 Å². The van der Waals surface area contributed by atoms with Crippen molar-refractivity contribution in [2.24, 2.45) is 5.92 Å². The number of carboxylic acid groups (broad SMARTS) is 1. The number of rotatable bonds is 3. The predicted molar refractivity (Wildman–Crippen MR) is 60.7 cm³/mol. The van der Waals surface area contributed by atoms with Crippen LogP contribution in [0.5, 0.6) is 0 Å². The molecule has 1 fully saturated rings. The summed E-state index contributed by atoms with van der Waals surface area (Å²) in [5, 5.41) is 12.0. The highest BCUT2D eigenvalue weighted by Crippen LogP contribution is 2.26. The average Bonchev–Trinajstić information content (AvgIpc) is 2.66. The molecule has 1 aromatic heterocycles. The molecule has 1 aliphatic rings. The molecule has 1 heterocycles. The maximum absolute atomic E-state index is 10.6. The van der Waals surface area contributed by atoms with E-state index in [4.69, 9.17) is 9.52 Å². The van der Waals surface area contributed by atoms with E-state index >= 15 is 0 Å². The van der Waals surface area contributed by atoms with Crippen molar-refractivity contribution in [2.45, 2.75) is 38.6 Å². The maximum Gasteiger partial charge on any atom is 0.371 e. The summed E-state index contributed by atoms with van der Waals surface area (Å²) < 4.78 is 5.17. The van der Waals surface area contributed by atoms with Crippen molar-refractivity contribution in [2.75, 3.05) is 5.32 Å². The lowest BCUT2D eigenvalue weighted by Gasteiger charge is -2.27. The third kappa shape index (κ3) is 2.56. The number of furan rings is 1. The number of anilines is 1. The monoisotopic (exact) mass is 223 g/mol. The van der Waals surface area contributed by atoms with E-state index in [2.05, 4.69) is 12.2 Å². The summed E-state index contributed by atoms with van der Waals surface area (Å²) >= 11 is 0. The summed E-state index contributed by atoms with van der Waals surface area (Å²) in [5.74, 6) is 0.271. The van der Waals surface area contributed by atoms with Crippen LogP contribution in [-0.2, 0) is 0 Å². The van der Waals surface area contributed by atoms with Crippen LogP contribution < -0.4 is 5.32 Å². The van der Waals surface area contributed by atoms with E-state index < -0.39 is 5.97 Å². The van der Waals surface area contributed by atoms with Gasteiger partial charge in [-0.2, -0.15) is 0 Å². The van der Waals surface area contributed by atoms with E-state index in [9.17, 15) is 4.79 Å². The molecule has 0 spiro atoms. The molecule has 2 unspecified atom stereocenters. The quantitative estimate of drug-likeness (QED) is 0.826. The van der Waals surface area contributed by atoms with Gasteiger partial charge in [-0.3, -0.25) is 0 Å². The highest BCUT2D eigenvalue weighted by Gasteiger charge is 2.20. The van der Waals surface area contributed by atoms with Crippen LogP contribution in [0, 0.1) is 5.92 Å². The SMILES string of the molecule is CC1CCCC(Nc2ccc(C(=O)O)o2)C1. The number of hydrogen-bond donors (Lipinski definition) is 2. The van der Waals surface area contributed by atoms with Gasteiger partial charge in [-0.15, -0.1) is 0 Å². The molecule has 4 nitrogen and oxygen atoms in total. The topological polar surface area (TPSA) is 62.5 Å². The Labute approximate surface area is 94.6 Å². The number of carboxylic acids is 1. The molecule has 1 aliphatic carbocycles. The first-order valence-electron chi connectivity index (χ1n) is 5.75. The molecule has 0 radical (unpaired) electrons. The largest absolute Gasteiger partial charge is 0.475 e. The van der Waals surface area contributed by atoms with Gasteiger partial charge in [0.15, 0.2) is 5.88 Å². The Morgan fingerprint density at radius 3 is 2.94 bits per heavy atom. The van der Waals surface area contributed by atoms with Gasteiger partial charge in [0.05, 0.1) is 0 Å². The lowest BCUT2D eigenvalue weighted by molar-refractivity contribution is 0.0663. The Kier molecular flexibility index (Phi) is 3.17. The number of aromatic carboxylic acids is 1. The molecule has 2 atom stereocenters. The Morgan fingerprint density at radius 2 is 2.31 bits per heavy atom. The minimum absolute atomic E-state index is 0.00800. The van der Waals surface area contributed by atoms with Crippen molar-refractivity contribution in [3.8, 4) is 0 Å². The molecule has 16 heavy (non-hydrogen) atoms. The molecule has 0 aromatic carbocycles. The second kappa shape index (κ2) is 4.60. The van der Waals surface area contributed by atoms with Crippen molar-refractivity contribution in [3.63, 3.8) is 0 Å². The lowest BCUT2D eigenvalue weighted by atomic mass is 9.87. The predicted octanol–water partition coefficient (Wildman–Crippen LogP) is 2.97. The van der Waals surface area contributed by atoms with Crippen LogP contribution in [-0.4, -0.2) is 17.1 Å². The van der Waals surface area contributed by atoms with Gasteiger partial charge in [0.25, 0.3) is 0 Å². The van der Waals surface area contributed by atoms with Crippen LogP contribution in [0.25, 0.3) is 0 Å². The standard InChI is InChI=1S/C12H17NO3/c1-8-3-2-4-9(7-8)13-11-6-5-10(16-11)12(14)15/h5-6,8-9,13H,2-4,7H2,1H3,(H,14,15). The van der Waals surface area contributed by atoms with Crippen LogP contribution >= 0.6 is 0 Å². The summed E-state index contributed by atoms with van der Waals surface area (Å²) in [7, 11) is 0. The zero-order valence-electron chi connectivity index (χ0n) is 9.40. The van der Waals surface area contributed by atoms with Gasteiger partial charge >= 0.3 is 5.97 Å². The van der Waals surface area contributed by atoms with Gasteiger partial charge in [0, 0.05) is 12.1 Å². The van der Waals surface area contributed by atoms with Crippen molar-refractivity contribution in [1.29, 1.82) is 0 Å². The Hall–Kier alpha value is -1.45. The Balaban J connectivity index is 1.95. The summed E-state index contributed by atoms with van der Waals surface area (Å²) in [6.45, 7) is 2.25. The first kappa shape index (κ1) is 11.0. The van der Waals surface area contributed by atoms with Crippen LogP contribution in [0.15, 0.2) is 16.5 Å². The number of nitrogens with one attached hydrogen (secondary N) is 1. The summed E-state index contributed by atoms with van der Waals surface area (Å²) in [6.07, 6.45) is 4.78. The number of carbonyl (C=O) groups is 1. The van der Waals surface area contributed by atoms with Gasteiger partial charge in [-0.25, -0.2) is 4.79 Å². The molecule has 88 valence electrons. The average molecular weight is 223 g/mol. The Bertz CT molecular complexity index is 372. The smallest absolute Gasteiger partial charge is 0.371 e. The summed E-state index contributed by atoms with van der Waals surface area (Å²) in [4.78, 5) is 10.6. The highest BCUT2D eigenvalue weighted by atomic mass is 16.4. The molecular weight excluding hydrogens is 206 g/mol. The molecule has 0 aliphatic heterocycles. The summed E-state index contributed by atoms with van der Waals surface area (Å²) in [6, 6.07) is 3.58. The molecule has 0 amide bonds. The van der Waals surface area contributed by atoms with E-state index in [1.54, 1.807) is 6.07 Å². The zero-order valence-corrected chi connectivity index (χ0v) is 9.40. The molecule has 1 saturated carbocycles. The molecule has 1 aromatic rings. The normalized spacial score (nSPS) is 25.3. The van der Waals surface area contributed by atoms with E-state index in [0.29, 0.717) is 11.9 Å². The molecule has 2 rings (SSSR count). The fourth-order valence-corrected chi connectivity index (χ4v) is 2.30. The fraction of sp³-hybridized carbons (Fsp3) is 0.583. The van der Waals surface area contributed by atoms with E-state index in [1.165, 1.54) is 18.9 Å². The second-order valence-corrected chi connectivity index (χ2v) is 4.58. The van der Waals surface area contributed by atoms with Gasteiger partial charge in [0.1, 0.15) is 0 Å². The van der Waals surface area contributed by atoms with Gasteiger partial charge < -0.3 is 14.8 Å². The first-order valence-corrected chi connectivity index (χ1v) is 5.75. The highest BCUT2D eigenvalue weighted by molar-refractivity contribution is 5.84. The van der Waals surface area contributed by atoms with Crippen LogP contribution in [0.2, 0.25) is 0 Å². The Morgan fingerprint density at radius 1 is 1.50 bits per heavy atom. The molecule has 0 bridgehead atoms. The van der Waals surface area contributed by atoms with Crippen LogP contribution in [0.4, 0.5) is 5.88 Å². The van der Waals surface area contributed by atoms with Crippen molar-refractivity contribution >= 4 is 11.9 Å². The minimum atomic E-state index is -1.02. The third-order valence-corrected chi connectivity index (χ3v) is 3.10. The van der Waals surface area contributed by atoms with Gasteiger partial charge in [-0.05, 0) is 24.8 Å². The van der Waals surface area contributed by atoms with E-state index in [1.807, 2.05) is 0 Å². The molecule has 0 saturated heterocycles. The third-order valence-electron chi connectivity index (χ3n) is 3.10. The first-order chi connectivity index (χ1) is 7.65. The van der Waals surface area contributed by atoms with Crippen molar-refractivity contribution in [3.05, 3.63) is 17.9 Å². The second-order valence-electron chi connectivity index (χ2n) is 4.58.